The molecular formula is C17H26N2O4S. The second-order valence-electron chi connectivity index (χ2n) is 6.57. The zero-order valence-corrected chi connectivity index (χ0v) is 15.3. The molecule has 0 aromatic heterocycles. The van der Waals surface area contributed by atoms with E-state index < -0.39 is 10.0 Å². The molecule has 1 heterocycles. The Kier molecular flexibility index (Phi) is 6.23. The lowest BCUT2D eigenvalue weighted by molar-refractivity contribution is -0.133. The molecule has 134 valence electrons. The first kappa shape index (κ1) is 18.7. The van der Waals surface area contributed by atoms with Crippen molar-refractivity contribution in [2.45, 2.75) is 31.6 Å². The monoisotopic (exact) mass is 354 g/mol. The summed E-state index contributed by atoms with van der Waals surface area (Å²) in [7, 11) is -2.09. The van der Waals surface area contributed by atoms with Crippen LogP contribution in [-0.2, 0) is 14.8 Å². The number of carbonyl (C=O) groups excluding carboxylic acids is 1. The van der Waals surface area contributed by atoms with Crippen molar-refractivity contribution >= 4 is 15.9 Å². The summed E-state index contributed by atoms with van der Waals surface area (Å²) in [5.74, 6) is 1.59. The molecule has 1 aliphatic rings. The molecule has 7 heteroatoms. The van der Waals surface area contributed by atoms with Gasteiger partial charge < -0.3 is 9.64 Å². The summed E-state index contributed by atoms with van der Waals surface area (Å²) in [6.45, 7) is 5.90. The Labute approximate surface area is 144 Å². The van der Waals surface area contributed by atoms with E-state index in [2.05, 4.69) is 18.6 Å². The SMILES string of the molecule is COc1ccc(S(=O)(=O)NCCC(=O)N2C[C@H](C)C[C@H](C)C2)cc1. The minimum absolute atomic E-state index is 0.00540. The van der Waals surface area contributed by atoms with Crippen LogP contribution in [0.1, 0.15) is 26.7 Å². The maximum absolute atomic E-state index is 12.3. The van der Waals surface area contributed by atoms with Gasteiger partial charge in [-0.3, -0.25) is 4.79 Å². The van der Waals surface area contributed by atoms with E-state index in [4.69, 9.17) is 4.74 Å². The van der Waals surface area contributed by atoms with Gasteiger partial charge in [0, 0.05) is 26.1 Å². The molecule has 1 N–H and O–H groups in total. The van der Waals surface area contributed by atoms with E-state index in [0.717, 1.165) is 19.5 Å². The van der Waals surface area contributed by atoms with E-state index in [1.807, 2.05) is 4.90 Å². The van der Waals surface area contributed by atoms with Gasteiger partial charge in [0.2, 0.25) is 15.9 Å². The average Bonchev–Trinajstić information content (AvgIpc) is 2.53. The summed E-state index contributed by atoms with van der Waals surface area (Å²) in [6, 6.07) is 6.15. The maximum Gasteiger partial charge on any atom is 0.240 e. The molecule has 1 fully saturated rings. The molecule has 2 atom stereocenters. The van der Waals surface area contributed by atoms with Gasteiger partial charge in [-0.25, -0.2) is 13.1 Å². The fourth-order valence-electron chi connectivity index (χ4n) is 3.16. The zero-order chi connectivity index (χ0) is 17.7. The number of hydrogen-bond acceptors (Lipinski definition) is 4. The quantitative estimate of drug-likeness (QED) is 0.846. The van der Waals surface area contributed by atoms with Crippen LogP contribution >= 0.6 is 0 Å². The topological polar surface area (TPSA) is 75.7 Å². The van der Waals surface area contributed by atoms with Crippen LogP contribution in [0.3, 0.4) is 0 Å². The van der Waals surface area contributed by atoms with E-state index in [9.17, 15) is 13.2 Å². The van der Waals surface area contributed by atoms with E-state index in [0.29, 0.717) is 17.6 Å². The number of sulfonamides is 1. The number of ether oxygens (including phenoxy) is 1. The van der Waals surface area contributed by atoms with Crippen LogP contribution < -0.4 is 9.46 Å². The standard InChI is InChI=1S/C17H26N2O4S/c1-13-10-14(2)12-19(11-13)17(20)8-9-18-24(21,22)16-6-4-15(23-3)5-7-16/h4-7,13-14,18H,8-12H2,1-3H3/t13-,14+. The third-order valence-electron chi connectivity index (χ3n) is 4.22. The van der Waals surface area contributed by atoms with Gasteiger partial charge in [-0.05, 0) is 42.5 Å². The molecule has 24 heavy (non-hydrogen) atoms. The summed E-state index contributed by atoms with van der Waals surface area (Å²) in [5, 5.41) is 0. The lowest BCUT2D eigenvalue weighted by Crippen LogP contribution is -2.43. The van der Waals surface area contributed by atoms with Crippen molar-refractivity contribution in [3.63, 3.8) is 0 Å². The van der Waals surface area contributed by atoms with E-state index >= 15 is 0 Å². The van der Waals surface area contributed by atoms with Gasteiger partial charge in [-0.15, -0.1) is 0 Å². The maximum atomic E-state index is 12.3. The van der Waals surface area contributed by atoms with Crippen LogP contribution in [0.25, 0.3) is 0 Å². The summed E-state index contributed by atoms with van der Waals surface area (Å²) in [5.41, 5.74) is 0. The number of hydrogen-bond donors (Lipinski definition) is 1. The smallest absolute Gasteiger partial charge is 0.240 e. The first-order chi connectivity index (χ1) is 11.3. The molecular weight excluding hydrogens is 328 g/mol. The van der Waals surface area contributed by atoms with Crippen molar-refractivity contribution in [3.05, 3.63) is 24.3 Å². The van der Waals surface area contributed by atoms with Crippen LogP contribution in [0.15, 0.2) is 29.2 Å². The molecule has 2 rings (SSSR count). The molecule has 1 saturated heterocycles. The summed E-state index contributed by atoms with van der Waals surface area (Å²) in [4.78, 5) is 14.3. The fraction of sp³-hybridized carbons (Fsp3) is 0.588. The lowest BCUT2D eigenvalue weighted by atomic mass is 9.92. The normalized spacial score (nSPS) is 21.5. The van der Waals surface area contributed by atoms with Crippen molar-refractivity contribution in [2.24, 2.45) is 11.8 Å². The highest BCUT2D eigenvalue weighted by Gasteiger charge is 2.25. The van der Waals surface area contributed by atoms with Gasteiger partial charge in [-0.2, -0.15) is 0 Å². The highest BCUT2D eigenvalue weighted by Crippen LogP contribution is 2.21. The zero-order valence-electron chi connectivity index (χ0n) is 14.5. The number of carbonyl (C=O) groups is 1. The van der Waals surface area contributed by atoms with Gasteiger partial charge in [0.15, 0.2) is 0 Å². The van der Waals surface area contributed by atoms with Crippen molar-refractivity contribution in [3.8, 4) is 5.75 Å². The van der Waals surface area contributed by atoms with E-state index in [-0.39, 0.29) is 23.8 Å². The second kappa shape index (κ2) is 7.98. The predicted molar refractivity (Wildman–Crippen MR) is 92.3 cm³/mol. The Bertz CT molecular complexity index is 648. The number of benzene rings is 1. The van der Waals surface area contributed by atoms with Gasteiger partial charge in [0.1, 0.15) is 5.75 Å². The first-order valence-corrected chi connectivity index (χ1v) is 9.71. The number of amides is 1. The fourth-order valence-corrected chi connectivity index (χ4v) is 4.19. The third-order valence-corrected chi connectivity index (χ3v) is 5.70. The van der Waals surface area contributed by atoms with Crippen LogP contribution in [0.5, 0.6) is 5.75 Å². The summed E-state index contributed by atoms with van der Waals surface area (Å²) in [6.07, 6.45) is 1.31. The second-order valence-corrected chi connectivity index (χ2v) is 8.34. The minimum Gasteiger partial charge on any atom is -0.497 e. The van der Waals surface area contributed by atoms with Gasteiger partial charge >= 0.3 is 0 Å². The van der Waals surface area contributed by atoms with Crippen molar-refractivity contribution in [1.29, 1.82) is 0 Å². The molecule has 0 saturated carbocycles. The largest absolute Gasteiger partial charge is 0.497 e. The van der Waals surface area contributed by atoms with E-state index in [1.54, 1.807) is 12.1 Å². The molecule has 1 aliphatic heterocycles. The lowest BCUT2D eigenvalue weighted by Gasteiger charge is -2.35. The number of nitrogens with one attached hydrogen (secondary N) is 1. The molecule has 0 unspecified atom stereocenters. The third kappa shape index (κ3) is 4.95. The Hall–Kier alpha value is -1.60. The number of likely N-dealkylation sites (tertiary alicyclic amines) is 1. The van der Waals surface area contributed by atoms with Gasteiger partial charge in [-0.1, -0.05) is 13.8 Å². The van der Waals surface area contributed by atoms with Crippen LogP contribution in [0, 0.1) is 11.8 Å². The van der Waals surface area contributed by atoms with E-state index in [1.165, 1.54) is 19.2 Å². The Morgan fingerprint density at radius 2 is 1.79 bits per heavy atom. The highest BCUT2D eigenvalue weighted by atomic mass is 32.2. The average molecular weight is 354 g/mol. The summed E-state index contributed by atoms with van der Waals surface area (Å²) < 4.78 is 31.9. The molecule has 0 spiro atoms. The Morgan fingerprint density at radius 1 is 1.21 bits per heavy atom. The molecule has 0 aliphatic carbocycles. The van der Waals surface area contributed by atoms with Crippen LogP contribution in [-0.4, -0.2) is 46.0 Å². The van der Waals surface area contributed by atoms with Crippen molar-refractivity contribution < 1.29 is 17.9 Å². The molecule has 6 nitrogen and oxygen atoms in total. The Morgan fingerprint density at radius 3 is 2.33 bits per heavy atom. The van der Waals surface area contributed by atoms with Crippen LogP contribution in [0.2, 0.25) is 0 Å². The molecule has 1 amide bonds. The number of rotatable bonds is 6. The van der Waals surface area contributed by atoms with Gasteiger partial charge in [0.25, 0.3) is 0 Å². The Balaban J connectivity index is 1.86. The van der Waals surface area contributed by atoms with Crippen molar-refractivity contribution in [2.75, 3.05) is 26.7 Å². The van der Waals surface area contributed by atoms with Gasteiger partial charge in [0.05, 0.1) is 12.0 Å². The molecule has 1 aromatic carbocycles. The van der Waals surface area contributed by atoms with Crippen molar-refractivity contribution in [1.82, 2.24) is 9.62 Å². The minimum atomic E-state index is -3.61. The molecule has 0 radical (unpaired) electrons. The number of piperidine rings is 1. The number of nitrogens with zero attached hydrogens (tertiary/aromatic N) is 1. The first-order valence-electron chi connectivity index (χ1n) is 8.23. The molecule has 0 bridgehead atoms. The molecule has 1 aromatic rings. The highest BCUT2D eigenvalue weighted by molar-refractivity contribution is 7.89. The van der Waals surface area contributed by atoms with Crippen LogP contribution in [0.4, 0.5) is 0 Å². The summed E-state index contributed by atoms with van der Waals surface area (Å²) >= 11 is 0. The predicted octanol–water partition coefficient (Wildman–Crippen LogP) is 1.87. The number of methoxy groups -OCH3 is 1.